The van der Waals surface area contributed by atoms with E-state index in [9.17, 15) is 15.0 Å². The average molecular weight is 469 g/mol. The number of nitrogens with one attached hydrogen (secondary N) is 2. The van der Waals surface area contributed by atoms with Gasteiger partial charge in [-0.25, -0.2) is 4.84 Å². The summed E-state index contributed by atoms with van der Waals surface area (Å²) in [5.74, 6) is -0.315. The van der Waals surface area contributed by atoms with Crippen LogP contribution in [-0.4, -0.2) is 50.7 Å². The first-order valence-electron chi connectivity index (χ1n) is 10.7. The zero-order chi connectivity index (χ0) is 22.4. The number of aromatic nitrogens is 2. The van der Waals surface area contributed by atoms with Gasteiger partial charge < -0.3 is 15.5 Å². The van der Waals surface area contributed by atoms with E-state index in [1.165, 1.54) is 0 Å². The number of hydrogen-bond donors (Lipinski definition) is 4. The number of rotatable bonds is 8. The van der Waals surface area contributed by atoms with Crippen molar-refractivity contribution in [2.45, 2.75) is 63.7 Å². The van der Waals surface area contributed by atoms with Gasteiger partial charge in [-0.3, -0.25) is 9.48 Å². The van der Waals surface area contributed by atoms with E-state index in [1.54, 1.807) is 22.9 Å². The summed E-state index contributed by atoms with van der Waals surface area (Å²) in [6.07, 6.45) is 4.91. The number of hydrogen-bond acceptors (Lipinski definition) is 5. The Morgan fingerprint density at radius 3 is 2.65 bits per heavy atom. The van der Waals surface area contributed by atoms with Gasteiger partial charge >= 0.3 is 0 Å². The molecule has 0 bridgehead atoms. The number of benzene rings is 1. The number of aryl methyl sites for hydroxylation is 1. The minimum atomic E-state index is -0.856. The van der Waals surface area contributed by atoms with Crippen LogP contribution in [0, 0.1) is 6.92 Å². The van der Waals surface area contributed by atoms with Gasteiger partial charge in [-0.15, -0.1) is 0 Å². The van der Waals surface area contributed by atoms with Gasteiger partial charge in [0.05, 0.1) is 34.5 Å². The zero-order valence-electron chi connectivity index (χ0n) is 17.7. The molecule has 170 valence electrons. The molecule has 31 heavy (non-hydrogen) atoms. The largest absolute Gasteiger partial charge is 0.390 e. The van der Waals surface area contributed by atoms with Crippen molar-refractivity contribution in [2.24, 2.45) is 0 Å². The number of amides is 1. The predicted octanol–water partition coefficient (Wildman–Crippen LogP) is 3.43. The van der Waals surface area contributed by atoms with Crippen molar-refractivity contribution in [2.75, 3.05) is 13.1 Å². The number of aliphatic hydroxyl groups is 2. The molecule has 1 amide bonds. The lowest BCUT2D eigenvalue weighted by Gasteiger charge is -2.26. The molecule has 1 heterocycles. The molecule has 1 aromatic heterocycles. The van der Waals surface area contributed by atoms with Crippen LogP contribution >= 0.6 is 23.4 Å². The maximum absolute atomic E-state index is 12.8. The fourth-order valence-corrected chi connectivity index (χ4v) is 4.33. The molecule has 2 aromatic rings. The van der Waals surface area contributed by atoms with Crippen molar-refractivity contribution in [1.82, 2.24) is 19.9 Å². The molecule has 4 N–H and O–H groups in total. The van der Waals surface area contributed by atoms with Gasteiger partial charge in [-0.1, -0.05) is 43.4 Å². The van der Waals surface area contributed by atoms with Gasteiger partial charge in [-0.2, -0.15) is 5.10 Å². The summed E-state index contributed by atoms with van der Waals surface area (Å²) in [4.78, 5) is 15.2. The van der Waals surface area contributed by atoms with Gasteiger partial charge in [0.2, 0.25) is 0 Å². The van der Waals surface area contributed by atoms with E-state index < -0.39 is 11.7 Å². The molecule has 9 heteroatoms. The Morgan fingerprint density at radius 2 is 1.97 bits per heavy atom. The van der Waals surface area contributed by atoms with Crippen LogP contribution in [0.1, 0.15) is 54.6 Å². The molecule has 0 saturated heterocycles. The molecular formula is C22H30Cl2N4O3. The second-order valence-electron chi connectivity index (χ2n) is 8.36. The first-order valence-corrected chi connectivity index (χ1v) is 11.4. The van der Waals surface area contributed by atoms with Crippen molar-refractivity contribution in [1.29, 1.82) is 0 Å². The van der Waals surface area contributed by atoms with Crippen molar-refractivity contribution < 1.29 is 15.0 Å². The molecule has 1 aliphatic carbocycles. The highest BCUT2D eigenvalue weighted by Crippen LogP contribution is 2.28. The number of halogens is 2. The Hall–Kier alpha value is -1.64. The van der Waals surface area contributed by atoms with Gasteiger partial charge in [0.15, 0.2) is 0 Å². The number of carbonyl (C=O) groups is 1. The quantitative estimate of drug-likeness (QED) is 0.351. The van der Waals surface area contributed by atoms with Gasteiger partial charge in [0.25, 0.3) is 5.91 Å². The maximum atomic E-state index is 12.8. The lowest BCUT2D eigenvalue weighted by atomic mass is 9.94. The molecule has 1 saturated carbocycles. The topological polar surface area (TPSA) is 99.4 Å². The van der Waals surface area contributed by atoms with Crippen molar-refractivity contribution in [3.63, 3.8) is 0 Å². The summed E-state index contributed by atoms with van der Waals surface area (Å²) in [6.45, 7) is 2.65. The van der Waals surface area contributed by atoms with Crippen LogP contribution < -0.4 is 10.2 Å². The van der Waals surface area contributed by atoms with E-state index >= 15 is 0 Å². The Labute approximate surface area is 192 Å². The summed E-state index contributed by atoms with van der Waals surface area (Å²) in [5, 5.41) is 28.5. The van der Waals surface area contributed by atoms with Crippen LogP contribution in [-0.2, 0) is 6.54 Å². The molecule has 1 atom stereocenters. The van der Waals surface area contributed by atoms with E-state index in [4.69, 9.17) is 23.4 Å². The highest BCUT2D eigenvalue weighted by Gasteiger charge is 2.28. The molecule has 1 fully saturated rings. The summed E-state index contributed by atoms with van der Waals surface area (Å²) < 4.78 is 1.70. The smallest absolute Gasteiger partial charge is 0.252 e. The van der Waals surface area contributed by atoms with E-state index in [0.717, 1.165) is 36.9 Å². The van der Waals surface area contributed by atoms with Gasteiger partial charge in [0, 0.05) is 24.3 Å². The monoisotopic (exact) mass is 468 g/mol. The lowest BCUT2D eigenvalue weighted by molar-refractivity contribution is 0.0246. The highest BCUT2D eigenvalue weighted by molar-refractivity contribution is 6.34. The van der Waals surface area contributed by atoms with Crippen LogP contribution in [0.4, 0.5) is 0 Å². The third-order valence-corrected chi connectivity index (χ3v) is 6.28. The Morgan fingerprint density at radius 1 is 1.26 bits per heavy atom. The Balaban J connectivity index is 1.73. The fourth-order valence-electron chi connectivity index (χ4n) is 3.95. The normalized spacial score (nSPS) is 17.2. The van der Waals surface area contributed by atoms with Crippen molar-refractivity contribution >= 4 is 29.3 Å². The van der Waals surface area contributed by atoms with Crippen molar-refractivity contribution in [3.05, 3.63) is 40.5 Å². The maximum Gasteiger partial charge on any atom is 0.252 e. The van der Waals surface area contributed by atoms with E-state index in [0.29, 0.717) is 35.7 Å². The highest BCUT2D eigenvalue weighted by atomic mass is 35.5. The molecular weight excluding hydrogens is 439 g/mol. The number of aliphatic hydroxyl groups excluding tert-OH is 1. The number of nitrogens with zero attached hydrogens (tertiary/aromatic N) is 2. The molecule has 0 unspecified atom stereocenters. The molecule has 3 rings (SSSR count). The molecule has 0 spiro atoms. The molecule has 7 nitrogen and oxygen atoms in total. The standard InChI is InChI=1S/C22H30Cl2N4O3/c1-15-10-20(27-28(15)13-17(29)12-26-24)16-6-7-19(23)18(11-16)21(30)25-14-22(31)8-4-2-3-5-9-22/h6-7,10-11,17,26,29,31H,2-5,8-9,12-14H2,1H3,(H,25,30)/t17-/m0/s1. The molecule has 0 aliphatic heterocycles. The average Bonchev–Trinajstić information content (AvgIpc) is 2.95. The number of carbonyl (C=O) groups excluding carboxylic acids is 1. The third kappa shape index (κ3) is 6.43. The Kier molecular flexibility index (Phi) is 8.36. The SMILES string of the molecule is Cc1cc(-c2ccc(Cl)c(C(=O)NCC3(O)CCCCCC3)c2)nn1C[C@@H](O)CNCl. The molecule has 1 aromatic carbocycles. The first-order chi connectivity index (χ1) is 14.8. The third-order valence-electron chi connectivity index (χ3n) is 5.80. The van der Waals surface area contributed by atoms with Crippen LogP contribution in [0.3, 0.4) is 0 Å². The van der Waals surface area contributed by atoms with E-state index in [2.05, 4.69) is 15.3 Å². The van der Waals surface area contributed by atoms with Gasteiger partial charge in [0.1, 0.15) is 0 Å². The molecule has 0 radical (unpaired) electrons. The summed E-state index contributed by atoms with van der Waals surface area (Å²) in [5.41, 5.74) is 1.78. The molecule has 1 aliphatic rings. The van der Waals surface area contributed by atoms with E-state index in [1.807, 2.05) is 13.0 Å². The summed E-state index contributed by atoms with van der Waals surface area (Å²) >= 11 is 11.8. The fraction of sp³-hybridized carbons (Fsp3) is 0.545. The predicted molar refractivity (Wildman–Crippen MR) is 122 cm³/mol. The first kappa shape index (κ1) is 24.0. The second kappa shape index (κ2) is 10.8. The lowest BCUT2D eigenvalue weighted by Crippen LogP contribution is -2.42. The summed E-state index contributed by atoms with van der Waals surface area (Å²) in [6, 6.07) is 7.07. The summed E-state index contributed by atoms with van der Waals surface area (Å²) in [7, 11) is 0. The minimum absolute atomic E-state index is 0.215. The van der Waals surface area contributed by atoms with Crippen LogP contribution in [0.25, 0.3) is 11.3 Å². The van der Waals surface area contributed by atoms with Crippen LogP contribution in [0.15, 0.2) is 24.3 Å². The van der Waals surface area contributed by atoms with Gasteiger partial charge in [-0.05, 0) is 49.7 Å². The van der Waals surface area contributed by atoms with Crippen molar-refractivity contribution in [3.8, 4) is 11.3 Å². The minimum Gasteiger partial charge on any atom is -0.390 e. The Bertz CT molecular complexity index is 895. The van der Waals surface area contributed by atoms with Crippen LogP contribution in [0.5, 0.6) is 0 Å². The second-order valence-corrected chi connectivity index (χ2v) is 9.03. The van der Waals surface area contributed by atoms with Crippen LogP contribution in [0.2, 0.25) is 5.02 Å². The zero-order valence-corrected chi connectivity index (χ0v) is 19.2. The van der Waals surface area contributed by atoms with E-state index in [-0.39, 0.29) is 19.0 Å².